The number of pyridine rings is 1. The molecule has 0 saturated heterocycles. The van der Waals surface area contributed by atoms with Crippen LogP contribution in [0.3, 0.4) is 0 Å². The first kappa shape index (κ1) is 29.3. The van der Waals surface area contributed by atoms with Crippen molar-refractivity contribution in [1.82, 2.24) is 15.6 Å². The van der Waals surface area contributed by atoms with E-state index in [0.29, 0.717) is 18.8 Å². The number of aromatic nitrogens is 1. The molecule has 4 N–H and O–H groups in total. The molecule has 1 aromatic carbocycles. The Morgan fingerprint density at radius 2 is 1.97 bits per heavy atom. The van der Waals surface area contributed by atoms with Gasteiger partial charge in [0.25, 0.3) is 5.69 Å². The number of hydrogen-bond acceptors (Lipinski definition) is 7. The van der Waals surface area contributed by atoms with E-state index in [1.807, 2.05) is 19.1 Å². The molecule has 34 heavy (non-hydrogen) atoms. The van der Waals surface area contributed by atoms with Crippen molar-refractivity contribution in [2.24, 2.45) is 0 Å². The summed E-state index contributed by atoms with van der Waals surface area (Å²) in [6, 6.07) is 6.50. The Balaban J connectivity index is 0.00000578. The molecule has 2 rings (SSSR count). The molecular formula is C21H25ClN5NaO6. The Morgan fingerprint density at radius 1 is 1.24 bits per heavy atom. The summed E-state index contributed by atoms with van der Waals surface area (Å²) in [4.78, 5) is 50.0. The van der Waals surface area contributed by atoms with Gasteiger partial charge in [-0.05, 0) is 42.7 Å². The van der Waals surface area contributed by atoms with Gasteiger partial charge in [-0.2, -0.15) is 0 Å². The predicted molar refractivity (Wildman–Crippen MR) is 122 cm³/mol. The summed E-state index contributed by atoms with van der Waals surface area (Å²) in [5, 5.41) is 28.2. The fraction of sp³-hybridized carbons (Fsp3) is 0.333. The Bertz CT molecular complexity index is 1050. The maximum absolute atomic E-state index is 12.2. The van der Waals surface area contributed by atoms with Crippen LogP contribution in [0.5, 0.6) is 0 Å². The predicted octanol–water partition coefficient (Wildman–Crippen LogP) is -0.291. The van der Waals surface area contributed by atoms with E-state index in [1.165, 1.54) is 12.1 Å². The number of hydrogen-bond donors (Lipinski definition) is 4. The number of carboxylic acids is 1. The van der Waals surface area contributed by atoms with E-state index in [2.05, 4.69) is 20.9 Å². The van der Waals surface area contributed by atoms with Gasteiger partial charge >= 0.3 is 35.5 Å². The van der Waals surface area contributed by atoms with Crippen LogP contribution < -0.4 is 45.5 Å². The Labute approximate surface area is 224 Å². The second-order valence-electron chi connectivity index (χ2n) is 7.21. The summed E-state index contributed by atoms with van der Waals surface area (Å²) >= 11 is 5.78. The third-order valence-corrected chi connectivity index (χ3v) is 4.85. The van der Waals surface area contributed by atoms with Crippen LogP contribution >= 0.6 is 11.6 Å². The number of amides is 2. The van der Waals surface area contributed by atoms with Crippen molar-refractivity contribution >= 4 is 40.9 Å². The summed E-state index contributed by atoms with van der Waals surface area (Å²) in [5.41, 5.74) is 0.872. The Morgan fingerprint density at radius 3 is 2.62 bits per heavy atom. The van der Waals surface area contributed by atoms with Crippen molar-refractivity contribution in [2.45, 2.75) is 32.2 Å². The second-order valence-corrected chi connectivity index (χ2v) is 7.62. The minimum atomic E-state index is -1.21. The van der Waals surface area contributed by atoms with Crippen molar-refractivity contribution in [3.63, 3.8) is 0 Å². The fourth-order valence-corrected chi connectivity index (χ4v) is 3.11. The SMILES string of the molecule is Cc1ccnc(NCCCC(=O)NCC(=O)NC(CC(=O)O)c2ccc(Cl)c([N+](=O)[O-])c2)c1.[H-].[Na+]. The van der Waals surface area contributed by atoms with Crippen molar-refractivity contribution in [3.05, 3.63) is 62.8 Å². The molecule has 11 nitrogen and oxygen atoms in total. The van der Waals surface area contributed by atoms with Gasteiger partial charge < -0.3 is 22.5 Å². The van der Waals surface area contributed by atoms with Crippen LogP contribution in [-0.2, 0) is 14.4 Å². The average Bonchev–Trinajstić information content (AvgIpc) is 2.75. The molecule has 2 amide bonds. The zero-order valence-electron chi connectivity index (χ0n) is 19.8. The van der Waals surface area contributed by atoms with E-state index in [-0.39, 0.29) is 60.4 Å². The van der Waals surface area contributed by atoms with Gasteiger partial charge in [0, 0.05) is 25.2 Å². The summed E-state index contributed by atoms with van der Waals surface area (Å²) in [5.74, 6) is -1.48. The van der Waals surface area contributed by atoms with Gasteiger partial charge in [-0.1, -0.05) is 17.7 Å². The normalized spacial score (nSPS) is 11.0. The number of nitro groups is 1. The van der Waals surface area contributed by atoms with Crippen LogP contribution in [0, 0.1) is 17.0 Å². The van der Waals surface area contributed by atoms with Crippen molar-refractivity contribution in [3.8, 4) is 0 Å². The molecule has 1 unspecified atom stereocenters. The first-order valence-electron chi connectivity index (χ1n) is 10.0. The summed E-state index contributed by atoms with van der Waals surface area (Å²) < 4.78 is 0. The number of nitrogens with one attached hydrogen (secondary N) is 3. The number of aryl methyl sites for hydroxylation is 1. The average molecular weight is 502 g/mol. The Hall–Kier alpha value is -2.73. The van der Waals surface area contributed by atoms with Crippen LogP contribution in [0.15, 0.2) is 36.5 Å². The number of nitro benzene ring substituents is 1. The number of anilines is 1. The monoisotopic (exact) mass is 501 g/mol. The molecule has 0 saturated carbocycles. The molecule has 0 aliphatic carbocycles. The number of rotatable bonds is 12. The molecule has 13 heteroatoms. The van der Waals surface area contributed by atoms with Crippen LogP contribution in [0.2, 0.25) is 5.02 Å². The molecule has 0 radical (unpaired) electrons. The van der Waals surface area contributed by atoms with Crippen LogP contribution in [0.25, 0.3) is 0 Å². The van der Waals surface area contributed by atoms with Crippen molar-refractivity contribution < 1.29 is 55.4 Å². The first-order valence-corrected chi connectivity index (χ1v) is 10.4. The summed E-state index contributed by atoms with van der Waals surface area (Å²) in [6.45, 7) is 2.10. The zero-order chi connectivity index (χ0) is 24.4. The van der Waals surface area contributed by atoms with E-state index in [9.17, 15) is 24.5 Å². The minimum Gasteiger partial charge on any atom is -1.00 e. The number of nitrogens with zero attached hydrogens (tertiary/aromatic N) is 2. The molecule has 0 aliphatic rings. The second kappa shape index (κ2) is 14.5. The van der Waals surface area contributed by atoms with Crippen LogP contribution in [0.1, 0.15) is 37.9 Å². The number of halogens is 1. The zero-order valence-corrected chi connectivity index (χ0v) is 21.6. The molecule has 0 aliphatic heterocycles. The summed E-state index contributed by atoms with van der Waals surface area (Å²) in [6.07, 6.45) is 1.87. The number of carbonyl (C=O) groups is 3. The molecule has 1 heterocycles. The van der Waals surface area contributed by atoms with Gasteiger partial charge in [-0.25, -0.2) is 4.98 Å². The van der Waals surface area contributed by atoms with Gasteiger partial charge in [0.1, 0.15) is 10.8 Å². The number of benzene rings is 1. The molecule has 178 valence electrons. The van der Waals surface area contributed by atoms with E-state index >= 15 is 0 Å². The number of carboxylic acid groups (broad SMARTS) is 1. The largest absolute Gasteiger partial charge is 1.00 e. The van der Waals surface area contributed by atoms with Gasteiger partial charge in [0.2, 0.25) is 11.8 Å². The molecular weight excluding hydrogens is 477 g/mol. The quantitative estimate of drug-likeness (QED) is 0.133. The molecule has 0 bridgehead atoms. The smallest absolute Gasteiger partial charge is 1.00 e. The third-order valence-electron chi connectivity index (χ3n) is 4.53. The summed E-state index contributed by atoms with van der Waals surface area (Å²) in [7, 11) is 0. The molecule has 1 aromatic heterocycles. The number of aliphatic carboxylic acids is 1. The van der Waals surface area contributed by atoms with Gasteiger partial charge in [-0.15, -0.1) is 0 Å². The maximum atomic E-state index is 12.2. The van der Waals surface area contributed by atoms with E-state index < -0.39 is 34.9 Å². The topological polar surface area (TPSA) is 164 Å². The van der Waals surface area contributed by atoms with Gasteiger partial charge in [0.15, 0.2) is 0 Å². The van der Waals surface area contributed by atoms with Crippen molar-refractivity contribution in [2.75, 3.05) is 18.4 Å². The third kappa shape index (κ3) is 10.0. The van der Waals surface area contributed by atoms with E-state index in [0.717, 1.165) is 11.6 Å². The molecule has 1 atom stereocenters. The van der Waals surface area contributed by atoms with E-state index in [1.54, 1.807) is 6.20 Å². The first-order chi connectivity index (χ1) is 15.7. The number of carbonyl (C=O) groups excluding carboxylic acids is 2. The molecule has 0 spiro atoms. The standard InChI is InChI=1S/C21H24ClN5O6.Na.H/c1-13-6-8-24-18(9-13)23-7-2-3-19(28)25-12-20(29)26-16(11-21(30)31)14-4-5-15(22)17(10-14)27(32)33;;/h4-6,8-10,16H,2-3,7,11-12H2,1H3,(H,23,24)(H,25,28)(H,26,29)(H,30,31);;/q;+1;-1. The van der Waals surface area contributed by atoms with Gasteiger partial charge in [0.05, 0.1) is 23.9 Å². The van der Waals surface area contributed by atoms with Crippen molar-refractivity contribution in [1.29, 1.82) is 0 Å². The molecule has 2 aromatic rings. The van der Waals surface area contributed by atoms with Crippen LogP contribution in [-0.4, -0.2) is 45.9 Å². The molecule has 0 fully saturated rings. The Kier molecular flexibility index (Phi) is 12.5. The van der Waals surface area contributed by atoms with Gasteiger partial charge in [-0.3, -0.25) is 24.5 Å². The van der Waals surface area contributed by atoms with Crippen LogP contribution in [0.4, 0.5) is 11.5 Å². The maximum Gasteiger partial charge on any atom is 1.00 e. The minimum absolute atomic E-state index is 0. The van der Waals surface area contributed by atoms with E-state index in [4.69, 9.17) is 16.7 Å². The fourth-order valence-electron chi connectivity index (χ4n) is 2.92.